The van der Waals surface area contributed by atoms with Gasteiger partial charge in [-0.15, -0.1) is 0 Å². The van der Waals surface area contributed by atoms with Gasteiger partial charge in [-0.25, -0.2) is 0 Å². The highest BCUT2D eigenvalue weighted by Crippen LogP contribution is 2.40. The van der Waals surface area contributed by atoms with Gasteiger partial charge in [0.25, 0.3) is 5.91 Å². The van der Waals surface area contributed by atoms with E-state index in [0.29, 0.717) is 30.5 Å². The molecule has 5 rings (SSSR count). The van der Waals surface area contributed by atoms with E-state index in [1.807, 2.05) is 30.0 Å². The molecule has 1 fully saturated rings. The van der Waals surface area contributed by atoms with Gasteiger partial charge in [0.1, 0.15) is 5.76 Å². The van der Waals surface area contributed by atoms with Crippen LogP contribution in [0.4, 0.5) is 0 Å². The van der Waals surface area contributed by atoms with Gasteiger partial charge >= 0.3 is 0 Å². The van der Waals surface area contributed by atoms with Crippen molar-refractivity contribution in [3.63, 3.8) is 0 Å². The van der Waals surface area contributed by atoms with Crippen LogP contribution in [0.25, 0.3) is 0 Å². The standard InChI is InChI=1S/C21H22N4O3/c1-13-22-20(28-23-13)17-12-25(11-16(17)14-7-3-2-4-8-14)21(26)19-15-9-5-6-10-18(15)27-24-19/h2-4,7-8,16-17H,5-6,9-12H2,1H3. The lowest BCUT2D eigenvalue weighted by Gasteiger charge is -2.16. The van der Waals surface area contributed by atoms with E-state index in [9.17, 15) is 4.79 Å². The van der Waals surface area contributed by atoms with Gasteiger partial charge in [-0.1, -0.05) is 40.6 Å². The SMILES string of the molecule is Cc1noc(C2CN(C(=O)c3noc4c3CCCC4)CC2c2ccccc2)n1. The number of likely N-dealkylation sites (tertiary alicyclic amines) is 1. The third-order valence-electron chi connectivity index (χ3n) is 5.85. The highest BCUT2D eigenvalue weighted by Gasteiger charge is 2.41. The number of aryl methyl sites for hydroxylation is 2. The molecule has 144 valence electrons. The van der Waals surface area contributed by atoms with Gasteiger partial charge in [0.05, 0.1) is 5.92 Å². The van der Waals surface area contributed by atoms with Crippen molar-refractivity contribution in [2.75, 3.05) is 13.1 Å². The summed E-state index contributed by atoms with van der Waals surface area (Å²) in [6, 6.07) is 10.2. The van der Waals surface area contributed by atoms with E-state index in [-0.39, 0.29) is 17.7 Å². The molecule has 2 unspecified atom stereocenters. The summed E-state index contributed by atoms with van der Waals surface area (Å²) in [5, 5.41) is 8.07. The normalized spacial score (nSPS) is 21.7. The van der Waals surface area contributed by atoms with Gasteiger partial charge in [0.2, 0.25) is 5.89 Å². The molecule has 0 bridgehead atoms. The van der Waals surface area contributed by atoms with Crippen LogP contribution in [0.3, 0.4) is 0 Å². The van der Waals surface area contributed by atoms with E-state index in [1.165, 1.54) is 5.56 Å². The molecule has 2 aliphatic rings. The minimum absolute atomic E-state index is 0.0322. The Labute approximate surface area is 162 Å². The second-order valence-corrected chi connectivity index (χ2v) is 7.65. The fourth-order valence-electron chi connectivity index (χ4n) is 4.42. The van der Waals surface area contributed by atoms with E-state index in [4.69, 9.17) is 9.05 Å². The highest BCUT2D eigenvalue weighted by atomic mass is 16.5. The minimum atomic E-state index is -0.0634. The Morgan fingerprint density at radius 3 is 2.61 bits per heavy atom. The second kappa shape index (κ2) is 6.89. The van der Waals surface area contributed by atoms with Crippen LogP contribution in [0, 0.1) is 6.92 Å². The van der Waals surface area contributed by atoms with Crippen LogP contribution < -0.4 is 0 Å². The summed E-state index contributed by atoms with van der Waals surface area (Å²) in [4.78, 5) is 19.6. The Kier molecular flexibility index (Phi) is 4.22. The molecule has 1 saturated heterocycles. The zero-order chi connectivity index (χ0) is 19.1. The summed E-state index contributed by atoms with van der Waals surface area (Å²) in [6.07, 6.45) is 3.90. The molecule has 3 heterocycles. The molecule has 2 atom stereocenters. The predicted octanol–water partition coefficient (Wildman–Crippen LogP) is 3.27. The van der Waals surface area contributed by atoms with Gasteiger partial charge < -0.3 is 13.9 Å². The summed E-state index contributed by atoms with van der Waals surface area (Å²) in [6.45, 7) is 2.93. The molecule has 2 aromatic heterocycles. The number of benzene rings is 1. The number of hydrogen-bond acceptors (Lipinski definition) is 6. The van der Waals surface area contributed by atoms with Crippen molar-refractivity contribution < 1.29 is 13.8 Å². The van der Waals surface area contributed by atoms with Crippen LogP contribution in [-0.2, 0) is 12.8 Å². The molecule has 0 spiro atoms. The van der Waals surface area contributed by atoms with Crippen molar-refractivity contribution >= 4 is 5.91 Å². The van der Waals surface area contributed by atoms with E-state index >= 15 is 0 Å². The molecule has 28 heavy (non-hydrogen) atoms. The number of hydrogen-bond donors (Lipinski definition) is 0. The summed E-state index contributed by atoms with van der Waals surface area (Å²) >= 11 is 0. The topological polar surface area (TPSA) is 85.3 Å². The minimum Gasteiger partial charge on any atom is -0.360 e. The molecule has 1 aliphatic heterocycles. The Bertz CT molecular complexity index is 994. The van der Waals surface area contributed by atoms with Crippen LogP contribution in [0.1, 0.15) is 63.8 Å². The number of carbonyl (C=O) groups excluding carboxylic acids is 1. The van der Waals surface area contributed by atoms with Crippen molar-refractivity contribution in [1.29, 1.82) is 0 Å². The Morgan fingerprint density at radius 2 is 1.82 bits per heavy atom. The van der Waals surface area contributed by atoms with Crippen LogP contribution >= 0.6 is 0 Å². The summed E-state index contributed by atoms with van der Waals surface area (Å²) in [5.74, 6) is 2.08. The van der Waals surface area contributed by atoms with E-state index < -0.39 is 0 Å². The number of rotatable bonds is 3. The molecule has 7 nitrogen and oxygen atoms in total. The number of carbonyl (C=O) groups is 1. The van der Waals surface area contributed by atoms with Crippen LogP contribution in [0.15, 0.2) is 39.4 Å². The fourth-order valence-corrected chi connectivity index (χ4v) is 4.42. The molecule has 1 aromatic carbocycles. The lowest BCUT2D eigenvalue weighted by atomic mass is 9.89. The smallest absolute Gasteiger partial charge is 0.276 e. The number of amides is 1. The van der Waals surface area contributed by atoms with Gasteiger partial charge in [-0.05, 0) is 31.7 Å². The van der Waals surface area contributed by atoms with Gasteiger partial charge in [0, 0.05) is 31.0 Å². The van der Waals surface area contributed by atoms with Crippen molar-refractivity contribution in [3.05, 3.63) is 64.6 Å². The van der Waals surface area contributed by atoms with Crippen molar-refractivity contribution in [3.8, 4) is 0 Å². The maximum absolute atomic E-state index is 13.3. The van der Waals surface area contributed by atoms with E-state index in [2.05, 4.69) is 27.4 Å². The van der Waals surface area contributed by atoms with E-state index in [1.54, 1.807) is 0 Å². The average Bonchev–Trinajstić information content (AvgIpc) is 3.46. The number of fused-ring (bicyclic) bond motifs is 1. The predicted molar refractivity (Wildman–Crippen MR) is 100 cm³/mol. The zero-order valence-corrected chi connectivity index (χ0v) is 15.8. The number of aromatic nitrogens is 3. The van der Waals surface area contributed by atoms with Gasteiger partial charge in [0.15, 0.2) is 11.5 Å². The lowest BCUT2D eigenvalue weighted by molar-refractivity contribution is 0.0777. The Morgan fingerprint density at radius 1 is 1.04 bits per heavy atom. The lowest BCUT2D eigenvalue weighted by Crippen LogP contribution is -2.30. The molecule has 1 amide bonds. The van der Waals surface area contributed by atoms with E-state index in [0.717, 1.165) is 37.0 Å². The first-order valence-electron chi connectivity index (χ1n) is 9.82. The molecule has 0 N–H and O–H groups in total. The molecular weight excluding hydrogens is 356 g/mol. The summed E-state index contributed by atoms with van der Waals surface area (Å²) in [7, 11) is 0. The molecule has 7 heteroatoms. The second-order valence-electron chi connectivity index (χ2n) is 7.65. The van der Waals surface area contributed by atoms with Crippen LogP contribution in [0.5, 0.6) is 0 Å². The number of nitrogens with zero attached hydrogens (tertiary/aromatic N) is 4. The fraction of sp³-hybridized carbons (Fsp3) is 0.429. The average molecular weight is 378 g/mol. The summed E-state index contributed by atoms with van der Waals surface area (Å²) < 4.78 is 10.9. The summed E-state index contributed by atoms with van der Waals surface area (Å²) in [5.41, 5.74) is 2.63. The molecule has 1 aliphatic carbocycles. The maximum atomic E-state index is 13.3. The largest absolute Gasteiger partial charge is 0.360 e. The third kappa shape index (κ3) is 2.91. The highest BCUT2D eigenvalue weighted by molar-refractivity contribution is 5.94. The first-order chi connectivity index (χ1) is 13.7. The maximum Gasteiger partial charge on any atom is 0.276 e. The zero-order valence-electron chi connectivity index (χ0n) is 15.8. The van der Waals surface area contributed by atoms with Crippen molar-refractivity contribution in [2.24, 2.45) is 0 Å². The van der Waals surface area contributed by atoms with Gasteiger partial charge in [-0.2, -0.15) is 4.98 Å². The Balaban J connectivity index is 1.46. The molecular formula is C21H22N4O3. The molecule has 3 aromatic rings. The Hall–Kier alpha value is -2.96. The van der Waals surface area contributed by atoms with Crippen molar-refractivity contribution in [1.82, 2.24) is 20.2 Å². The molecule has 0 radical (unpaired) electrons. The first kappa shape index (κ1) is 17.2. The quantitative estimate of drug-likeness (QED) is 0.695. The van der Waals surface area contributed by atoms with Crippen LogP contribution in [0.2, 0.25) is 0 Å². The van der Waals surface area contributed by atoms with Crippen molar-refractivity contribution in [2.45, 2.75) is 44.4 Å². The monoisotopic (exact) mass is 378 g/mol. The first-order valence-corrected chi connectivity index (χ1v) is 9.82. The third-order valence-corrected chi connectivity index (χ3v) is 5.85. The van der Waals surface area contributed by atoms with Crippen LogP contribution in [-0.4, -0.2) is 39.2 Å². The van der Waals surface area contributed by atoms with Gasteiger partial charge in [-0.3, -0.25) is 4.79 Å². The molecule has 0 saturated carbocycles.